The number of rotatable bonds is 3. The van der Waals surface area contributed by atoms with Gasteiger partial charge in [-0.1, -0.05) is 0 Å². The van der Waals surface area contributed by atoms with Crippen molar-refractivity contribution in [2.45, 2.75) is 0 Å². The van der Waals surface area contributed by atoms with Gasteiger partial charge in [-0.3, -0.25) is 9.48 Å². The number of hydrogen-bond acceptors (Lipinski definition) is 8. The number of aryl methyl sites for hydroxylation is 1. The normalized spacial score (nSPS) is 18.4. The van der Waals surface area contributed by atoms with Gasteiger partial charge in [-0.05, 0) is 19.2 Å². The van der Waals surface area contributed by atoms with Gasteiger partial charge in [-0.2, -0.15) is 15.1 Å². The van der Waals surface area contributed by atoms with E-state index < -0.39 is 0 Å². The molecule has 3 aromatic heterocycles. The highest BCUT2D eigenvalue weighted by molar-refractivity contribution is 5.91. The molecule has 10 nitrogen and oxygen atoms in total. The van der Waals surface area contributed by atoms with Crippen LogP contribution in [-0.4, -0.2) is 94.9 Å². The molecule has 30 heavy (non-hydrogen) atoms. The summed E-state index contributed by atoms with van der Waals surface area (Å²) in [6, 6.07) is 3.44. The quantitative estimate of drug-likeness (QED) is 0.623. The summed E-state index contributed by atoms with van der Waals surface area (Å²) in [6.45, 7) is 6.45. The molecule has 0 atom stereocenters. The summed E-state index contributed by atoms with van der Waals surface area (Å²) in [4.78, 5) is 30.9. The molecule has 2 aliphatic rings. The number of carbonyl (C=O) groups excluding carboxylic acids is 1. The predicted molar refractivity (Wildman–Crippen MR) is 113 cm³/mol. The maximum absolute atomic E-state index is 12.5. The van der Waals surface area contributed by atoms with Crippen LogP contribution in [0.2, 0.25) is 0 Å². The summed E-state index contributed by atoms with van der Waals surface area (Å²) in [5, 5.41) is 5.40. The molecule has 10 heteroatoms. The Morgan fingerprint density at radius 3 is 2.40 bits per heavy atom. The molecule has 0 aromatic carbocycles. The summed E-state index contributed by atoms with van der Waals surface area (Å²) in [5.41, 5.74) is 0.836. The minimum Gasteiger partial charge on any atom is -0.459 e. The number of nitrogens with zero attached hydrogens (tertiary/aromatic N) is 8. The number of piperazine rings is 2. The van der Waals surface area contributed by atoms with Gasteiger partial charge in [0.25, 0.3) is 5.91 Å². The van der Waals surface area contributed by atoms with E-state index in [-0.39, 0.29) is 5.91 Å². The lowest BCUT2D eigenvalue weighted by atomic mass is 10.2. The highest BCUT2D eigenvalue weighted by Crippen LogP contribution is 2.27. The molecule has 1 amide bonds. The Morgan fingerprint density at radius 1 is 0.967 bits per heavy atom. The second-order valence-electron chi connectivity index (χ2n) is 7.90. The van der Waals surface area contributed by atoms with Gasteiger partial charge in [0, 0.05) is 59.4 Å². The van der Waals surface area contributed by atoms with E-state index in [0.29, 0.717) is 37.9 Å². The highest BCUT2D eigenvalue weighted by Gasteiger charge is 2.27. The molecular weight excluding hydrogens is 384 g/mol. The van der Waals surface area contributed by atoms with Crippen molar-refractivity contribution in [3.05, 3.63) is 30.4 Å². The third-order valence-electron chi connectivity index (χ3n) is 5.94. The van der Waals surface area contributed by atoms with E-state index in [1.54, 1.807) is 16.8 Å². The Labute approximate surface area is 174 Å². The molecule has 5 rings (SSSR count). The first kappa shape index (κ1) is 18.9. The van der Waals surface area contributed by atoms with Crippen LogP contribution in [0, 0.1) is 0 Å². The molecule has 5 heterocycles. The van der Waals surface area contributed by atoms with Crippen molar-refractivity contribution in [1.82, 2.24) is 29.5 Å². The van der Waals surface area contributed by atoms with E-state index in [1.807, 2.05) is 18.1 Å². The molecule has 0 bridgehead atoms. The van der Waals surface area contributed by atoms with Crippen LogP contribution in [0.15, 0.2) is 29.0 Å². The fraction of sp³-hybridized carbons (Fsp3) is 0.500. The molecule has 0 spiro atoms. The van der Waals surface area contributed by atoms with Crippen molar-refractivity contribution in [1.29, 1.82) is 0 Å². The van der Waals surface area contributed by atoms with Crippen LogP contribution < -0.4 is 9.80 Å². The highest BCUT2D eigenvalue weighted by atomic mass is 16.3. The van der Waals surface area contributed by atoms with Crippen molar-refractivity contribution in [3.63, 3.8) is 0 Å². The van der Waals surface area contributed by atoms with Crippen LogP contribution in [-0.2, 0) is 7.05 Å². The molecule has 0 saturated carbocycles. The average Bonchev–Trinajstić information content (AvgIpc) is 3.44. The molecule has 2 aliphatic heterocycles. The van der Waals surface area contributed by atoms with Crippen LogP contribution in [0.5, 0.6) is 0 Å². The summed E-state index contributed by atoms with van der Waals surface area (Å²) in [7, 11) is 4.05. The van der Waals surface area contributed by atoms with E-state index in [0.717, 1.165) is 43.0 Å². The SMILES string of the molecule is CN1CCN(c2nc(N3CCN(C(=O)c4ccco4)CC3)nc3c2cnn3C)CC1. The lowest BCUT2D eigenvalue weighted by Gasteiger charge is -2.36. The van der Waals surface area contributed by atoms with E-state index in [4.69, 9.17) is 14.4 Å². The largest absolute Gasteiger partial charge is 0.459 e. The molecular formula is C20H26N8O2. The first-order valence-corrected chi connectivity index (χ1v) is 10.3. The minimum absolute atomic E-state index is 0.0687. The number of likely N-dealkylation sites (N-methyl/N-ethyl adjacent to an activating group) is 1. The van der Waals surface area contributed by atoms with Crippen molar-refractivity contribution in [3.8, 4) is 0 Å². The Morgan fingerprint density at radius 2 is 1.70 bits per heavy atom. The number of carbonyl (C=O) groups is 1. The zero-order chi connectivity index (χ0) is 20.7. The van der Waals surface area contributed by atoms with E-state index >= 15 is 0 Å². The lowest BCUT2D eigenvalue weighted by molar-refractivity contribution is 0.0714. The van der Waals surface area contributed by atoms with Gasteiger partial charge in [0.15, 0.2) is 11.4 Å². The van der Waals surface area contributed by atoms with Gasteiger partial charge in [0.2, 0.25) is 5.95 Å². The summed E-state index contributed by atoms with van der Waals surface area (Å²) >= 11 is 0. The molecule has 0 unspecified atom stereocenters. The predicted octanol–water partition coefficient (Wildman–Crippen LogP) is 0.671. The van der Waals surface area contributed by atoms with Gasteiger partial charge >= 0.3 is 0 Å². The monoisotopic (exact) mass is 410 g/mol. The first-order chi connectivity index (χ1) is 14.6. The van der Waals surface area contributed by atoms with Gasteiger partial charge < -0.3 is 24.0 Å². The van der Waals surface area contributed by atoms with E-state index in [1.165, 1.54) is 6.26 Å². The summed E-state index contributed by atoms with van der Waals surface area (Å²) in [6.07, 6.45) is 3.38. The van der Waals surface area contributed by atoms with Crippen molar-refractivity contribution in [2.75, 3.05) is 69.2 Å². The summed E-state index contributed by atoms with van der Waals surface area (Å²) in [5.74, 6) is 1.96. The van der Waals surface area contributed by atoms with Crippen LogP contribution >= 0.6 is 0 Å². The van der Waals surface area contributed by atoms with Crippen molar-refractivity contribution in [2.24, 2.45) is 7.05 Å². The molecule has 0 aliphatic carbocycles. The van der Waals surface area contributed by atoms with E-state index in [2.05, 4.69) is 26.8 Å². The average molecular weight is 410 g/mol. The number of amides is 1. The third kappa shape index (κ3) is 3.36. The topological polar surface area (TPSA) is 86.8 Å². The Kier molecular flexibility index (Phi) is 4.78. The first-order valence-electron chi connectivity index (χ1n) is 10.3. The molecule has 158 valence electrons. The fourth-order valence-electron chi connectivity index (χ4n) is 4.06. The zero-order valence-electron chi connectivity index (χ0n) is 17.4. The minimum atomic E-state index is -0.0687. The second kappa shape index (κ2) is 7.60. The molecule has 2 fully saturated rings. The van der Waals surface area contributed by atoms with Crippen LogP contribution in [0.3, 0.4) is 0 Å². The van der Waals surface area contributed by atoms with Gasteiger partial charge in [-0.25, -0.2) is 0 Å². The van der Waals surface area contributed by atoms with Crippen LogP contribution in [0.1, 0.15) is 10.6 Å². The van der Waals surface area contributed by atoms with E-state index in [9.17, 15) is 4.79 Å². The maximum atomic E-state index is 12.5. The lowest BCUT2D eigenvalue weighted by Crippen LogP contribution is -2.49. The maximum Gasteiger partial charge on any atom is 0.289 e. The number of furan rings is 1. The van der Waals surface area contributed by atoms with Crippen molar-refractivity contribution < 1.29 is 9.21 Å². The number of hydrogen-bond donors (Lipinski definition) is 0. The van der Waals surface area contributed by atoms with Crippen LogP contribution in [0.25, 0.3) is 11.0 Å². The fourth-order valence-corrected chi connectivity index (χ4v) is 4.06. The zero-order valence-corrected chi connectivity index (χ0v) is 17.4. The van der Waals surface area contributed by atoms with Crippen LogP contribution in [0.4, 0.5) is 11.8 Å². The molecule has 0 N–H and O–H groups in total. The smallest absolute Gasteiger partial charge is 0.289 e. The molecule has 3 aromatic rings. The number of fused-ring (bicyclic) bond motifs is 1. The Bertz CT molecular complexity index is 1030. The van der Waals surface area contributed by atoms with Gasteiger partial charge in [0.05, 0.1) is 17.8 Å². The number of anilines is 2. The number of aromatic nitrogens is 4. The van der Waals surface area contributed by atoms with Gasteiger partial charge in [0.1, 0.15) is 5.82 Å². The molecule has 0 radical (unpaired) electrons. The van der Waals surface area contributed by atoms with Gasteiger partial charge in [-0.15, -0.1) is 0 Å². The Balaban J connectivity index is 1.38. The second-order valence-corrected chi connectivity index (χ2v) is 7.90. The Hall–Kier alpha value is -3.14. The third-order valence-corrected chi connectivity index (χ3v) is 5.94. The summed E-state index contributed by atoms with van der Waals surface area (Å²) < 4.78 is 7.06. The van der Waals surface area contributed by atoms with Crippen molar-refractivity contribution >= 4 is 28.7 Å². The standard InChI is InChI=1S/C20H26N8O2/c1-24-5-7-26(8-6-24)18-15-14-21-25(2)17(15)22-20(23-18)28-11-9-27(10-12-28)19(29)16-4-3-13-30-16/h3-4,13-14H,5-12H2,1-2H3. The molecule has 2 saturated heterocycles.